The summed E-state index contributed by atoms with van der Waals surface area (Å²) >= 11 is 1.63. The number of anilines is 1. The summed E-state index contributed by atoms with van der Waals surface area (Å²) in [6.07, 6.45) is 0. The minimum absolute atomic E-state index is 0.107. The van der Waals surface area contributed by atoms with Crippen LogP contribution in [-0.2, 0) is 12.8 Å². The number of nitrogens with one attached hydrogen (secondary N) is 1. The van der Waals surface area contributed by atoms with Gasteiger partial charge in [-0.1, -0.05) is 42.1 Å². The minimum Gasteiger partial charge on any atom is -0.322 e. The molecule has 5 nitrogen and oxygen atoms in total. The molecule has 1 heterocycles. The topological polar surface area (TPSA) is 59.8 Å². The van der Waals surface area contributed by atoms with Crippen LogP contribution in [0.3, 0.4) is 0 Å². The first-order chi connectivity index (χ1) is 11.6. The van der Waals surface area contributed by atoms with Crippen molar-refractivity contribution >= 4 is 23.4 Å². The Hall–Kier alpha value is -2.60. The van der Waals surface area contributed by atoms with Gasteiger partial charge in [-0.2, -0.15) is 0 Å². The molecular weight excluding hydrogens is 320 g/mol. The number of carbonyl (C=O) groups is 1. The number of para-hydroxylation sites is 1. The summed E-state index contributed by atoms with van der Waals surface area (Å²) in [5.74, 6) is 1.57. The largest absolute Gasteiger partial charge is 0.322 e. The monoisotopic (exact) mass is 338 g/mol. The van der Waals surface area contributed by atoms with E-state index in [1.54, 1.807) is 11.8 Å². The SMILES string of the molecule is Cc1nnc(SCc2ccc(C(=O)Nc3ccccc3)cc2)n1C. The molecule has 0 saturated carbocycles. The average molecular weight is 338 g/mol. The van der Waals surface area contributed by atoms with Crippen LogP contribution in [0.15, 0.2) is 59.8 Å². The van der Waals surface area contributed by atoms with Crippen LogP contribution in [0.4, 0.5) is 5.69 Å². The van der Waals surface area contributed by atoms with Gasteiger partial charge in [-0.15, -0.1) is 10.2 Å². The van der Waals surface area contributed by atoms with E-state index >= 15 is 0 Å². The highest BCUT2D eigenvalue weighted by Crippen LogP contribution is 2.21. The van der Waals surface area contributed by atoms with Crippen molar-refractivity contribution in [2.24, 2.45) is 7.05 Å². The van der Waals surface area contributed by atoms with Crippen molar-refractivity contribution in [1.29, 1.82) is 0 Å². The summed E-state index contributed by atoms with van der Waals surface area (Å²) in [7, 11) is 1.95. The second-order valence-electron chi connectivity index (χ2n) is 5.39. The van der Waals surface area contributed by atoms with Gasteiger partial charge in [0.1, 0.15) is 5.82 Å². The highest BCUT2D eigenvalue weighted by atomic mass is 32.2. The van der Waals surface area contributed by atoms with Crippen LogP contribution in [-0.4, -0.2) is 20.7 Å². The molecule has 0 atom stereocenters. The molecule has 3 aromatic rings. The van der Waals surface area contributed by atoms with Gasteiger partial charge in [-0.25, -0.2) is 0 Å². The summed E-state index contributed by atoms with van der Waals surface area (Å²) < 4.78 is 1.96. The number of aromatic nitrogens is 3. The van der Waals surface area contributed by atoms with Crippen molar-refractivity contribution in [3.63, 3.8) is 0 Å². The summed E-state index contributed by atoms with van der Waals surface area (Å²) in [5.41, 5.74) is 2.57. The van der Waals surface area contributed by atoms with Crippen LogP contribution in [0, 0.1) is 6.92 Å². The lowest BCUT2D eigenvalue weighted by atomic mass is 10.1. The van der Waals surface area contributed by atoms with Crippen LogP contribution in [0.5, 0.6) is 0 Å². The predicted octanol–water partition coefficient (Wildman–Crippen LogP) is 3.67. The molecule has 3 rings (SSSR count). The molecule has 0 radical (unpaired) electrons. The number of hydrogen-bond donors (Lipinski definition) is 1. The Kier molecular flexibility index (Phi) is 4.96. The first-order valence-corrected chi connectivity index (χ1v) is 8.56. The van der Waals surface area contributed by atoms with E-state index in [2.05, 4.69) is 15.5 Å². The summed E-state index contributed by atoms with van der Waals surface area (Å²) in [5, 5.41) is 11.9. The summed E-state index contributed by atoms with van der Waals surface area (Å²) in [4.78, 5) is 12.2. The predicted molar refractivity (Wildman–Crippen MR) is 96.1 cm³/mol. The molecule has 0 unspecified atom stereocenters. The van der Waals surface area contributed by atoms with Crippen molar-refractivity contribution < 1.29 is 4.79 Å². The van der Waals surface area contributed by atoms with Gasteiger partial charge in [0.25, 0.3) is 5.91 Å². The Morgan fingerprint density at radius 1 is 1.08 bits per heavy atom. The van der Waals surface area contributed by atoms with Gasteiger partial charge < -0.3 is 9.88 Å². The number of nitrogens with zero attached hydrogens (tertiary/aromatic N) is 3. The lowest BCUT2D eigenvalue weighted by Gasteiger charge is -2.06. The fourth-order valence-corrected chi connectivity index (χ4v) is 3.05. The summed E-state index contributed by atoms with van der Waals surface area (Å²) in [6, 6.07) is 17.1. The maximum absolute atomic E-state index is 12.2. The first-order valence-electron chi connectivity index (χ1n) is 7.57. The zero-order chi connectivity index (χ0) is 16.9. The molecule has 0 saturated heterocycles. The summed E-state index contributed by atoms with van der Waals surface area (Å²) in [6.45, 7) is 1.93. The number of amides is 1. The number of rotatable bonds is 5. The third-order valence-electron chi connectivity index (χ3n) is 3.67. The van der Waals surface area contributed by atoms with E-state index in [0.717, 1.165) is 28.0 Å². The van der Waals surface area contributed by atoms with E-state index in [4.69, 9.17) is 0 Å². The molecule has 0 aliphatic carbocycles. The fraction of sp³-hybridized carbons (Fsp3) is 0.167. The van der Waals surface area contributed by atoms with Gasteiger partial charge in [0.15, 0.2) is 5.16 Å². The molecule has 1 aromatic heterocycles. The quantitative estimate of drug-likeness (QED) is 0.721. The van der Waals surface area contributed by atoms with Crippen LogP contribution in [0.25, 0.3) is 0 Å². The van der Waals surface area contributed by atoms with Crippen LogP contribution in [0.2, 0.25) is 0 Å². The average Bonchev–Trinajstić information content (AvgIpc) is 2.93. The molecule has 1 amide bonds. The fourth-order valence-electron chi connectivity index (χ4n) is 2.14. The van der Waals surface area contributed by atoms with E-state index < -0.39 is 0 Å². The maximum Gasteiger partial charge on any atom is 0.255 e. The molecule has 2 aromatic carbocycles. The van der Waals surface area contributed by atoms with Gasteiger partial charge in [0, 0.05) is 24.1 Å². The first kappa shape index (κ1) is 16.3. The minimum atomic E-state index is -0.107. The molecular formula is C18H18N4OS. The van der Waals surface area contributed by atoms with Gasteiger partial charge in [0.05, 0.1) is 0 Å². The zero-order valence-electron chi connectivity index (χ0n) is 13.6. The lowest BCUT2D eigenvalue weighted by molar-refractivity contribution is 0.102. The Labute approximate surface area is 145 Å². The highest BCUT2D eigenvalue weighted by Gasteiger charge is 2.08. The smallest absolute Gasteiger partial charge is 0.255 e. The van der Waals surface area contributed by atoms with Gasteiger partial charge in [0.2, 0.25) is 0 Å². The van der Waals surface area contributed by atoms with E-state index in [0.29, 0.717) is 5.56 Å². The van der Waals surface area contributed by atoms with Crippen molar-refractivity contribution in [3.05, 3.63) is 71.5 Å². The third-order valence-corrected chi connectivity index (χ3v) is 4.76. The molecule has 0 bridgehead atoms. The van der Waals surface area contributed by atoms with Crippen molar-refractivity contribution in [1.82, 2.24) is 14.8 Å². The number of hydrogen-bond acceptors (Lipinski definition) is 4. The third kappa shape index (κ3) is 3.83. The molecule has 1 N–H and O–H groups in total. The van der Waals surface area contributed by atoms with E-state index in [-0.39, 0.29) is 5.91 Å². The standard InChI is InChI=1S/C18H18N4OS/c1-13-20-21-18(22(13)2)24-12-14-8-10-15(11-9-14)17(23)19-16-6-4-3-5-7-16/h3-11H,12H2,1-2H3,(H,19,23). The lowest BCUT2D eigenvalue weighted by Crippen LogP contribution is -2.11. The molecule has 0 aliphatic heterocycles. The Balaban J connectivity index is 1.60. The maximum atomic E-state index is 12.2. The van der Waals surface area contributed by atoms with Crippen molar-refractivity contribution in [2.45, 2.75) is 17.8 Å². The van der Waals surface area contributed by atoms with Crippen molar-refractivity contribution in [2.75, 3.05) is 5.32 Å². The number of thioether (sulfide) groups is 1. The van der Waals surface area contributed by atoms with E-state index in [9.17, 15) is 4.79 Å². The molecule has 0 spiro atoms. The Morgan fingerprint density at radius 3 is 2.42 bits per heavy atom. The molecule has 122 valence electrons. The zero-order valence-corrected chi connectivity index (χ0v) is 14.4. The van der Waals surface area contributed by atoms with Crippen LogP contribution >= 0.6 is 11.8 Å². The second kappa shape index (κ2) is 7.31. The molecule has 0 aliphatic rings. The molecule has 24 heavy (non-hydrogen) atoms. The van der Waals surface area contributed by atoms with Crippen molar-refractivity contribution in [3.8, 4) is 0 Å². The number of benzene rings is 2. The van der Waals surface area contributed by atoms with Gasteiger partial charge >= 0.3 is 0 Å². The Bertz CT molecular complexity index is 828. The Morgan fingerprint density at radius 2 is 1.79 bits per heavy atom. The van der Waals surface area contributed by atoms with Crippen LogP contribution < -0.4 is 5.32 Å². The normalized spacial score (nSPS) is 10.6. The van der Waals surface area contributed by atoms with Gasteiger partial charge in [-0.05, 0) is 36.8 Å². The van der Waals surface area contributed by atoms with Gasteiger partial charge in [-0.3, -0.25) is 4.79 Å². The van der Waals surface area contributed by atoms with E-state index in [1.165, 1.54) is 0 Å². The number of carbonyl (C=O) groups excluding carboxylic acids is 1. The molecule has 0 fully saturated rings. The van der Waals surface area contributed by atoms with E-state index in [1.807, 2.05) is 73.1 Å². The second-order valence-corrected chi connectivity index (χ2v) is 6.34. The highest BCUT2D eigenvalue weighted by molar-refractivity contribution is 7.98. The van der Waals surface area contributed by atoms with Crippen LogP contribution in [0.1, 0.15) is 21.7 Å². The number of aryl methyl sites for hydroxylation is 1. The molecule has 6 heteroatoms.